The molecule has 0 N–H and O–H groups in total. The third kappa shape index (κ3) is 3.46. The minimum Gasteiger partial charge on any atom is -0.427 e. The van der Waals surface area contributed by atoms with Crippen molar-refractivity contribution in [2.24, 2.45) is 5.92 Å². The summed E-state index contributed by atoms with van der Waals surface area (Å²) in [5, 5.41) is 0. The number of rotatable bonds is 2. The van der Waals surface area contributed by atoms with Crippen molar-refractivity contribution in [1.82, 2.24) is 24.2 Å². The minimum absolute atomic E-state index is 0.0700. The fourth-order valence-electron chi connectivity index (χ4n) is 4.19. The number of likely N-dealkylation sites (N-methyl/N-ethyl adjacent to an activating group) is 1. The fourth-order valence-corrected chi connectivity index (χ4v) is 4.19. The Morgan fingerprint density at radius 3 is 2.97 bits per heavy atom. The highest BCUT2D eigenvalue weighted by Crippen LogP contribution is 2.35. The number of carbonyl (C=O) groups is 1. The Kier molecular flexibility index (Phi) is 4.47. The van der Waals surface area contributed by atoms with E-state index < -0.39 is 0 Å². The van der Waals surface area contributed by atoms with Crippen LogP contribution in [0.15, 0.2) is 48.3 Å². The normalized spacial score (nSPS) is 23.1. The lowest BCUT2D eigenvalue weighted by Gasteiger charge is -2.30. The first-order valence-corrected chi connectivity index (χ1v) is 10.2. The largest absolute Gasteiger partial charge is 0.427 e. The van der Waals surface area contributed by atoms with Gasteiger partial charge in [0.1, 0.15) is 5.76 Å². The van der Waals surface area contributed by atoms with Crippen molar-refractivity contribution in [3.63, 3.8) is 0 Å². The lowest BCUT2D eigenvalue weighted by atomic mass is 9.91. The summed E-state index contributed by atoms with van der Waals surface area (Å²) in [6.07, 6.45) is 13.8. The van der Waals surface area contributed by atoms with Crippen LogP contribution in [0.3, 0.4) is 0 Å². The van der Waals surface area contributed by atoms with Crippen LogP contribution in [0.4, 0.5) is 0 Å². The molecule has 1 saturated heterocycles. The highest BCUT2D eigenvalue weighted by atomic mass is 16.5. The van der Waals surface area contributed by atoms with Gasteiger partial charge in [-0.1, -0.05) is 12.2 Å². The summed E-state index contributed by atoms with van der Waals surface area (Å²) in [6.45, 7) is 6.19. The van der Waals surface area contributed by atoms with Gasteiger partial charge in [0.2, 0.25) is 5.78 Å². The second kappa shape index (κ2) is 7.15. The van der Waals surface area contributed by atoms with Gasteiger partial charge >= 0.3 is 5.97 Å². The molecule has 2 aromatic rings. The maximum absolute atomic E-state index is 12.7. The van der Waals surface area contributed by atoms with Crippen molar-refractivity contribution in [2.45, 2.75) is 19.8 Å². The molecule has 1 atom stereocenters. The maximum atomic E-state index is 12.7. The van der Waals surface area contributed by atoms with Gasteiger partial charge in [-0.15, -0.1) is 0 Å². The van der Waals surface area contributed by atoms with Gasteiger partial charge < -0.3 is 14.5 Å². The van der Waals surface area contributed by atoms with Crippen LogP contribution in [-0.4, -0.2) is 63.4 Å². The van der Waals surface area contributed by atoms with E-state index in [1.807, 2.05) is 35.9 Å². The molecule has 7 nitrogen and oxygen atoms in total. The Hall–Kier alpha value is -2.93. The van der Waals surface area contributed by atoms with E-state index in [0.29, 0.717) is 17.0 Å². The van der Waals surface area contributed by atoms with Crippen LogP contribution in [0.25, 0.3) is 11.4 Å². The first-order chi connectivity index (χ1) is 14.1. The number of imidazole rings is 1. The number of nitrogens with zero attached hydrogens (tertiary/aromatic N) is 5. The molecule has 7 heteroatoms. The van der Waals surface area contributed by atoms with Gasteiger partial charge in [-0.05, 0) is 38.9 Å². The molecule has 1 unspecified atom stereocenters. The molecule has 0 radical (unpaired) electrons. The molecule has 1 aliphatic carbocycles. The van der Waals surface area contributed by atoms with Gasteiger partial charge in [0.05, 0.1) is 11.3 Å². The zero-order chi connectivity index (χ0) is 20.0. The van der Waals surface area contributed by atoms with Gasteiger partial charge in [0.15, 0.2) is 0 Å². The number of fused-ring (bicyclic) bond motifs is 2. The van der Waals surface area contributed by atoms with E-state index in [9.17, 15) is 4.79 Å². The van der Waals surface area contributed by atoms with Crippen LogP contribution < -0.4 is 0 Å². The Morgan fingerprint density at radius 1 is 1.17 bits per heavy atom. The topological polar surface area (TPSA) is 63.0 Å². The molecule has 150 valence electrons. The Morgan fingerprint density at radius 2 is 2.07 bits per heavy atom. The van der Waals surface area contributed by atoms with Crippen LogP contribution in [-0.2, 0) is 9.53 Å². The van der Waals surface area contributed by atoms with Crippen molar-refractivity contribution < 1.29 is 9.53 Å². The molecule has 0 saturated carbocycles. The van der Waals surface area contributed by atoms with E-state index in [0.717, 1.165) is 50.3 Å². The first kappa shape index (κ1) is 18.1. The molecular weight excluding hydrogens is 366 g/mol. The van der Waals surface area contributed by atoms with Crippen molar-refractivity contribution in [1.29, 1.82) is 0 Å². The monoisotopic (exact) mass is 391 g/mol. The molecule has 0 amide bonds. The average Bonchev–Trinajstić information content (AvgIpc) is 2.99. The number of aromatic nitrogens is 3. The van der Waals surface area contributed by atoms with Crippen molar-refractivity contribution in [3.8, 4) is 0 Å². The highest BCUT2D eigenvalue weighted by molar-refractivity contribution is 6.17. The van der Waals surface area contributed by atoms with Gasteiger partial charge in [-0.25, -0.2) is 14.8 Å². The number of carbonyl (C=O) groups excluding carboxylic acids is 1. The SMILES string of the molecule is Cc1cnc2nc(C3=CC4CC=C(N5CCCN(C)CC5)C=C4OC3=O)cn2c1. The van der Waals surface area contributed by atoms with Gasteiger partial charge in [0, 0.05) is 55.9 Å². The average molecular weight is 391 g/mol. The molecule has 3 aliphatic rings. The van der Waals surface area contributed by atoms with Crippen LogP contribution >= 0.6 is 0 Å². The van der Waals surface area contributed by atoms with Crippen molar-refractivity contribution in [3.05, 3.63) is 59.5 Å². The number of aryl methyl sites for hydroxylation is 1. The Bertz CT molecular complexity index is 1060. The molecule has 5 rings (SSSR count). The summed E-state index contributed by atoms with van der Waals surface area (Å²) in [6, 6.07) is 0. The number of ether oxygens (including phenoxy) is 1. The Balaban J connectivity index is 1.40. The minimum atomic E-state index is -0.343. The third-order valence-electron chi connectivity index (χ3n) is 5.83. The van der Waals surface area contributed by atoms with Crippen molar-refractivity contribution >= 4 is 17.3 Å². The quantitative estimate of drug-likeness (QED) is 0.733. The van der Waals surface area contributed by atoms with Crippen molar-refractivity contribution in [2.75, 3.05) is 33.2 Å². The third-order valence-corrected chi connectivity index (χ3v) is 5.83. The van der Waals surface area contributed by atoms with Crippen LogP contribution in [0.2, 0.25) is 0 Å². The molecule has 2 aromatic heterocycles. The van der Waals surface area contributed by atoms with E-state index in [2.05, 4.69) is 32.9 Å². The summed E-state index contributed by atoms with van der Waals surface area (Å²) < 4.78 is 7.60. The maximum Gasteiger partial charge on any atom is 0.345 e. The number of esters is 1. The number of hydrogen-bond donors (Lipinski definition) is 0. The van der Waals surface area contributed by atoms with Crippen LogP contribution in [0.5, 0.6) is 0 Å². The van der Waals surface area contributed by atoms with E-state index in [1.165, 1.54) is 5.70 Å². The zero-order valence-electron chi connectivity index (χ0n) is 16.8. The van der Waals surface area contributed by atoms with Gasteiger partial charge in [-0.3, -0.25) is 4.40 Å². The molecule has 4 heterocycles. The molecule has 2 aliphatic heterocycles. The molecule has 0 aromatic carbocycles. The predicted molar refractivity (Wildman–Crippen MR) is 110 cm³/mol. The van der Waals surface area contributed by atoms with E-state index >= 15 is 0 Å². The molecule has 29 heavy (non-hydrogen) atoms. The van der Waals surface area contributed by atoms with Crippen LogP contribution in [0, 0.1) is 12.8 Å². The second-order valence-corrected chi connectivity index (χ2v) is 8.10. The first-order valence-electron chi connectivity index (χ1n) is 10.2. The highest BCUT2D eigenvalue weighted by Gasteiger charge is 2.31. The van der Waals surface area contributed by atoms with Crippen LogP contribution in [0.1, 0.15) is 24.1 Å². The standard InChI is InChI=1S/C22H25N5O2/c1-15-12-23-22-24-19(14-27(22)13-15)18-10-16-4-5-17(11-20(16)29-21(18)28)26-7-3-6-25(2)8-9-26/h5,10-14,16H,3-4,6-9H2,1-2H3. The summed E-state index contributed by atoms with van der Waals surface area (Å²) in [5.41, 5.74) is 3.33. The Labute approximate surface area is 170 Å². The predicted octanol–water partition coefficient (Wildman–Crippen LogP) is 2.40. The molecule has 0 spiro atoms. The summed E-state index contributed by atoms with van der Waals surface area (Å²) in [7, 11) is 2.17. The lowest BCUT2D eigenvalue weighted by Crippen LogP contribution is -2.30. The van der Waals surface area contributed by atoms with E-state index in [1.54, 1.807) is 6.20 Å². The van der Waals surface area contributed by atoms with E-state index in [4.69, 9.17) is 4.74 Å². The number of hydrogen-bond acceptors (Lipinski definition) is 6. The lowest BCUT2D eigenvalue weighted by molar-refractivity contribution is -0.134. The summed E-state index contributed by atoms with van der Waals surface area (Å²) in [4.78, 5) is 26.3. The summed E-state index contributed by atoms with van der Waals surface area (Å²) >= 11 is 0. The van der Waals surface area contributed by atoms with E-state index in [-0.39, 0.29) is 11.9 Å². The van der Waals surface area contributed by atoms with Gasteiger partial charge in [-0.2, -0.15) is 0 Å². The summed E-state index contributed by atoms with van der Waals surface area (Å²) in [5.74, 6) is 1.05. The smallest absolute Gasteiger partial charge is 0.345 e. The molecule has 0 bridgehead atoms. The van der Waals surface area contributed by atoms with Gasteiger partial charge in [0.25, 0.3) is 0 Å². The molecule has 1 fully saturated rings. The molecular formula is C22H25N5O2. The number of allylic oxidation sites excluding steroid dienone is 3. The second-order valence-electron chi connectivity index (χ2n) is 8.10. The zero-order valence-corrected chi connectivity index (χ0v) is 16.8. The fraction of sp³-hybridized carbons (Fsp3) is 0.409.